The summed E-state index contributed by atoms with van der Waals surface area (Å²) in [6.45, 7) is 5.72. The van der Waals surface area contributed by atoms with E-state index in [9.17, 15) is 8.42 Å². The van der Waals surface area contributed by atoms with Crippen LogP contribution >= 0.6 is 0 Å². The molecule has 0 aliphatic rings. The lowest BCUT2D eigenvalue weighted by Gasteiger charge is -2.21. The van der Waals surface area contributed by atoms with E-state index in [0.717, 1.165) is 19.5 Å². The van der Waals surface area contributed by atoms with Crippen molar-refractivity contribution in [3.63, 3.8) is 0 Å². The highest BCUT2D eigenvalue weighted by Gasteiger charge is 2.20. The van der Waals surface area contributed by atoms with Crippen LogP contribution in [0.3, 0.4) is 0 Å². The second-order valence-electron chi connectivity index (χ2n) is 4.61. The van der Waals surface area contributed by atoms with Gasteiger partial charge in [-0.25, -0.2) is 8.42 Å². The van der Waals surface area contributed by atoms with E-state index >= 15 is 0 Å². The third-order valence-corrected chi connectivity index (χ3v) is 4.91. The zero-order valence-corrected chi connectivity index (χ0v) is 13.9. The number of ether oxygens (including phenoxy) is 2. The van der Waals surface area contributed by atoms with E-state index in [0.29, 0.717) is 39.1 Å². The molecule has 0 fully saturated rings. The maximum atomic E-state index is 12.3. The van der Waals surface area contributed by atoms with Crippen molar-refractivity contribution in [3.8, 4) is 0 Å². The second kappa shape index (κ2) is 12.5. The first-order chi connectivity index (χ1) is 9.58. The van der Waals surface area contributed by atoms with Crippen LogP contribution in [0.15, 0.2) is 0 Å². The molecule has 6 nitrogen and oxygen atoms in total. The number of unbranched alkanes of at least 4 members (excludes halogenated alkanes) is 1. The van der Waals surface area contributed by atoms with E-state index in [2.05, 4.69) is 5.32 Å². The van der Waals surface area contributed by atoms with E-state index in [1.54, 1.807) is 14.2 Å². The lowest BCUT2D eigenvalue weighted by atomic mass is 10.3. The van der Waals surface area contributed by atoms with Crippen molar-refractivity contribution >= 4 is 10.0 Å². The first-order valence-electron chi connectivity index (χ1n) is 7.25. The molecule has 0 aromatic heterocycles. The fourth-order valence-corrected chi connectivity index (χ4v) is 3.40. The summed E-state index contributed by atoms with van der Waals surface area (Å²) in [6.07, 6.45) is 2.27. The zero-order valence-electron chi connectivity index (χ0n) is 13.1. The van der Waals surface area contributed by atoms with Gasteiger partial charge in [0.1, 0.15) is 0 Å². The summed E-state index contributed by atoms with van der Waals surface area (Å²) in [5, 5.41) is 3.19. The van der Waals surface area contributed by atoms with E-state index < -0.39 is 10.0 Å². The molecule has 0 spiro atoms. The molecular weight excluding hydrogens is 280 g/mol. The summed E-state index contributed by atoms with van der Waals surface area (Å²) in [7, 11) is 0.00724. The molecule has 0 amide bonds. The van der Waals surface area contributed by atoms with Gasteiger partial charge in [0.2, 0.25) is 10.0 Å². The van der Waals surface area contributed by atoms with Crippen molar-refractivity contribution in [2.45, 2.75) is 26.2 Å². The molecular formula is C13H30N2O4S. The average Bonchev–Trinajstić information content (AvgIpc) is 2.42. The molecule has 0 atom stereocenters. The summed E-state index contributed by atoms with van der Waals surface area (Å²) in [6, 6.07) is 0. The first-order valence-corrected chi connectivity index (χ1v) is 8.85. The predicted molar refractivity (Wildman–Crippen MR) is 81.5 cm³/mol. The average molecular weight is 310 g/mol. The molecule has 0 aliphatic heterocycles. The summed E-state index contributed by atoms with van der Waals surface area (Å²) in [5.74, 6) is 0.203. The van der Waals surface area contributed by atoms with E-state index in [1.165, 1.54) is 4.31 Å². The molecule has 20 heavy (non-hydrogen) atoms. The van der Waals surface area contributed by atoms with Crippen molar-refractivity contribution in [2.75, 3.05) is 59.4 Å². The molecule has 0 unspecified atom stereocenters. The Morgan fingerprint density at radius 2 is 1.70 bits per heavy atom. The van der Waals surface area contributed by atoms with Gasteiger partial charge in [0.15, 0.2) is 0 Å². The van der Waals surface area contributed by atoms with Crippen LogP contribution in [0, 0.1) is 0 Å². The lowest BCUT2D eigenvalue weighted by molar-refractivity contribution is 0.164. The van der Waals surface area contributed by atoms with Crippen LogP contribution in [0.2, 0.25) is 0 Å². The second-order valence-corrected chi connectivity index (χ2v) is 6.70. The summed E-state index contributed by atoms with van der Waals surface area (Å²) in [5.41, 5.74) is 0. The summed E-state index contributed by atoms with van der Waals surface area (Å²) in [4.78, 5) is 0. The fourth-order valence-electron chi connectivity index (χ4n) is 1.81. The number of hydrogen-bond donors (Lipinski definition) is 1. The fraction of sp³-hybridized carbons (Fsp3) is 1.00. The van der Waals surface area contributed by atoms with Crippen molar-refractivity contribution < 1.29 is 17.9 Å². The van der Waals surface area contributed by atoms with Crippen LogP contribution in [0.5, 0.6) is 0 Å². The van der Waals surface area contributed by atoms with Gasteiger partial charge < -0.3 is 14.8 Å². The molecule has 0 aromatic rings. The standard InChI is InChI=1S/C13H30N2O4S/c1-4-14-8-5-6-13-20(16,17)15(10-12-19-3)9-7-11-18-2/h14H,4-13H2,1-3H3. The molecule has 0 radical (unpaired) electrons. The van der Waals surface area contributed by atoms with E-state index in [-0.39, 0.29) is 5.75 Å². The van der Waals surface area contributed by atoms with Gasteiger partial charge in [-0.3, -0.25) is 0 Å². The number of methoxy groups -OCH3 is 2. The molecule has 0 heterocycles. The van der Waals surface area contributed by atoms with Gasteiger partial charge in [0.05, 0.1) is 12.4 Å². The van der Waals surface area contributed by atoms with Gasteiger partial charge in [-0.1, -0.05) is 6.92 Å². The Morgan fingerprint density at radius 3 is 2.30 bits per heavy atom. The highest BCUT2D eigenvalue weighted by molar-refractivity contribution is 7.89. The van der Waals surface area contributed by atoms with Gasteiger partial charge in [-0.05, 0) is 32.4 Å². The molecule has 122 valence electrons. The summed E-state index contributed by atoms with van der Waals surface area (Å²) >= 11 is 0. The van der Waals surface area contributed by atoms with Crippen LogP contribution in [-0.2, 0) is 19.5 Å². The van der Waals surface area contributed by atoms with E-state index in [1.807, 2.05) is 6.92 Å². The Balaban J connectivity index is 4.21. The van der Waals surface area contributed by atoms with Gasteiger partial charge in [0, 0.05) is 33.9 Å². The van der Waals surface area contributed by atoms with Crippen LogP contribution in [-0.4, -0.2) is 72.1 Å². The molecule has 0 aromatic carbocycles. The highest BCUT2D eigenvalue weighted by Crippen LogP contribution is 2.06. The van der Waals surface area contributed by atoms with Crippen molar-refractivity contribution in [3.05, 3.63) is 0 Å². The first kappa shape index (κ1) is 19.8. The minimum atomic E-state index is -3.19. The third kappa shape index (κ3) is 9.66. The third-order valence-electron chi connectivity index (χ3n) is 2.95. The zero-order chi connectivity index (χ0) is 15.3. The number of nitrogens with zero attached hydrogens (tertiary/aromatic N) is 1. The Morgan fingerprint density at radius 1 is 1.00 bits per heavy atom. The Kier molecular flexibility index (Phi) is 12.4. The Bertz CT molecular complexity index is 309. The van der Waals surface area contributed by atoms with Crippen molar-refractivity contribution in [2.24, 2.45) is 0 Å². The maximum absolute atomic E-state index is 12.3. The monoisotopic (exact) mass is 310 g/mol. The normalized spacial score (nSPS) is 12.2. The highest BCUT2D eigenvalue weighted by atomic mass is 32.2. The summed E-state index contributed by atoms with van der Waals surface area (Å²) < 4.78 is 36.0. The van der Waals surface area contributed by atoms with Crippen LogP contribution < -0.4 is 5.32 Å². The molecule has 7 heteroatoms. The smallest absolute Gasteiger partial charge is 0.214 e. The number of nitrogens with one attached hydrogen (secondary N) is 1. The number of sulfonamides is 1. The van der Waals surface area contributed by atoms with Crippen LogP contribution in [0.25, 0.3) is 0 Å². The lowest BCUT2D eigenvalue weighted by Crippen LogP contribution is -2.37. The maximum Gasteiger partial charge on any atom is 0.214 e. The largest absolute Gasteiger partial charge is 0.385 e. The number of rotatable bonds is 14. The number of hydrogen-bond acceptors (Lipinski definition) is 5. The quantitative estimate of drug-likeness (QED) is 0.478. The molecule has 0 bridgehead atoms. The topological polar surface area (TPSA) is 67.9 Å². The van der Waals surface area contributed by atoms with Crippen molar-refractivity contribution in [1.29, 1.82) is 0 Å². The van der Waals surface area contributed by atoms with Gasteiger partial charge in [0.25, 0.3) is 0 Å². The molecule has 1 N–H and O–H groups in total. The molecule has 0 aliphatic carbocycles. The molecule has 0 rings (SSSR count). The molecule has 0 saturated heterocycles. The minimum absolute atomic E-state index is 0.203. The van der Waals surface area contributed by atoms with E-state index in [4.69, 9.17) is 9.47 Å². The van der Waals surface area contributed by atoms with Gasteiger partial charge >= 0.3 is 0 Å². The predicted octanol–water partition coefficient (Wildman–Crippen LogP) is 0.691. The molecule has 0 saturated carbocycles. The van der Waals surface area contributed by atoms with Gasteiger partial charge in [-0.15, -0.1) is 0 Å². The Labute approximate surface area is 123 Å². The Hall–Kier alpha value is -0.210. The van der Waals surface area contributed by atoms with Crippen LogP contribution in [0.1, 0.15) is 26.2 Å². The van der Waals surface area contributed by atoms with Crippen molar-refractivity contribution in [1.82, 2.24) is 9.62 Å². The SMILES string of the molecule is CCNCCCCS(=O)(=O)N(CCCOC)CCOC. The van der Waals surface area contributed by atoms with Gasteiger partial charge in [-0.2, -0.15) is 4.31 Å². The van der Waals surface area contributed by atoms with Crippen LogP contribution in [0.4, 0.5) is 0 Å². The minimum Gasteiger partial charge on any atom is -0.385 e.